The summed E-state index contributed by atoms with van der Waals surface area (Å²) in [7, 11) is 0. The van der Waals surface area contributed by atoms with Crippen LogP contribution >= 0.6 is 11.6 Å². The number of halogens is 1. The largest absolute Gasteiger partial charge is 0.480 e. The number of aliphatic carboxylic acids is 1. The molecule has 3 N–H and O–H groups in total. The lowest BCUT2D eigenvalue weighted by atomic mass is 10.2. The second kappa shape index (κ2) is 6.07. The normalized spacial score (nSPS) is 12.3. The van der Waals surface area contributed by atoms with Gasteiger partial charge in [-0.2, -0.15) is 0 Å². The van der Waals surface area contributed by atoms with E-state index in [0.29, 0.717) is 16.3 Å². The molecule has 0 aliphatic carbocycles. The van der Waals surface area contributed by atoms with Gasteiger partial charge >= 0.3 is 5.97 Å². The quantitative estimate of drug-likeness (QED) is 0.796. The van der Waals surface area contributed by atoms with Gasteiger partial charge in [0.05, 0.1) is 5.02 Å². The van der Waals surface area contributed by atoms with Crippen LogP contribution in [0.15, 0.2) is 24.3 Å². The standard InChI is InChI=1S/C12H12ClNO4/c1-7(12(14)17)18-10-4-2-3-9(13)8(10)5-6-11(15)16/h2-7H,1H3,(H2,14,17)(H,15,16)/b6-5+. The van der Waals surface area contributed by atoms with Crippen LogP contribution in [0.2, 0.25) is 5.02 Å². The fraction of sp³-hybridized carbons (Fsp3) is 0.167. The van der Waals surface area contributed by atoms with Crippen molar-refractivity contribution in [3.05, 3.63) is 34.9 Å². The molecule has 6 heteroatoms. The third-order valence-electron chi connectivity index (χ3n) is 2.11. The number of carbonyl (C=O) groups excluding carboxylic acids is 1. The molecule has 1 rings (SSSR count). The zero-order valence-corrected chi connectivity index (χ0v) is 10.3. The van der Waals surface area contributed by atoms with Crippen LogP contribution in [0.25, 0.3) is 6.08 Å². The van der Waals surface area contributed by atoms with Crippen molar-refractivity contribution in [3.8, 4) is 5.75 Å². The molecule has 1 atom stereocenters. The summed E-state index contributed by atoms with van der Waals surface area (Å²) < 4.78 is 5.32. The zero-order chi connectivity index (χ0) is 13.7. The van der Waals surface area contributed by atoms with Crippen molar-refractivity contribution >= 4 is 29.6 Å². The lowest BCUT2D eigenvalue weighted by Gasteiger charge is -2.14. The van der Waals surface area contributed by atoms with Crippen molar-refractivity contribution in [2.45, 2.75) is 13.0 Å². The highest BCUT2D eigenvalue weighted by Gasteiger charge is 2.13. The maximum Gasteiger partial charge on any atom is 0.328 e. The van der Waals surface area contributed by atoms with Crippen LogP contribution in [-0.4, -0.2) is 23.1 Å². The summed E-state index contributed by atoms with van der Waals surface area (Å²) in [5, 5.41) is 8.90. The first-order chi connectivity index (χ1) is 8.41. The van der Waals surface area contributed by atoms with Gasteiger partial charge in [-0.3, -0.25) is 4.79 Å². The van der Waals surface area contributed by atoms with Gasteiger partial charge in [0.15, 0.2) is 6.10 Å². The maximum atomic E-state index is 10.9. The van der Waals surface area contributed by atoms with Crippen LogP contribution < -0.4 is 10.5 Å². The van der Waals surface area contributed by atoms with E-state index in [0.717, 1.165) is 6.08 Å². The molecule has 1 aromatic rings. The smallest absolute Gasteiger partial charge is 0.328 e. The molecule has 5 nitrogen and oxygen atoms in total. The lowest BCUT2D eigenvalue weighted by Crippen LogP contribution is -2.30. The number of benzene rings is 1. The Kier molecular flexibility index (Phi) is 4.74. The molecule has 0 aliphatic rings. The van der Waals surface area contributed by atoms with Crippen molar-refractivity contribution in [1.82, 2.24) is 0 Å². The maximum absolute atomic E-state index is 10.9. The summed E-state index contributed by atoms with van der Waals surface area (Å²) in [6, 6.07) is 4.79. The number of hydrogen-bond acceptors (Lipinski definition) is 3. The second-order valence-corrected chi connectivity index (χ2v) is 3.89. The van der Waals surface area contributed by atoms with Gasteiger partial charge in [0.25, 0.3) is 5.91 Å². The summed E-state index contributed by atoms with van der Waals surface area (Å²) in [4.78, 5) is 21.4. The van der Waals surface area contributed by atoms with Gasteiger partial charge in [-0.05, 0) is 25.1 Å². The average molecular weight is 270 g/mol. The third kappa shape index (κ3) is 3.78. The second-order valence-electron chi connectivity index (χ2n) is 3.49. The number of hydrogen-bond donors (Lipinski definition) is 2. The molecule has 1 amide bonds. The zero-order valence-electron chi connectivity index (χ0n) is 9.59. The van der Waals surface area contributed by atoms with Crippen LogP contribution in [0, 0.1) is 0 Å². The molecule has 0 bridgehead atoms. The molecule has 0 spiro atoms. The molecule has 1 unspecified atom stereocenters. The van der Waals surface area contributed by atoms with E-state index < -0.39 is 18.0 Å². The number of carbonyl (C=O) groups is 2. The van der Waals surface area contributed by atoms with E-state index in [1.54, 1.807) is 18.2 Å². The monoisotopic (exact) mass is 269 g/mol. The Morgan fingerprint density at radius 1 is 1.50 bits per heavy atom. The predicted octanol–water partition coefficient (Wildman–Crippen LogP) is 1.69. The van der Waals surface area contributed by atoms with Gasteiger partial charge in [0.2, 0.25) is 0 Å². The van der Waals surface area contributed by atoms with E-state index in [4.69, 9.17) is 27.2 Å². The highest BCUT2D eigenvalue weighted by atomic mass is 35.5. The van der Waals surface area contributed by atoms with Crippen LogP contribution in [0.4, 0.5) is 0 Å². The summed E-state index contributed by atoms with van der Waals surface area (Å²) in [5.41, 5.74) is 5.47. The number of rotatable bonds is 5. The Morgan fingerprint density at radius 3 is 2.72 bits per heavy atom. The minimum Gasteiger partial charge on any atom is -0.480 e. The molecule has 0 aromatic heterocycles. The molecule has 0 heterocycles. The van der Waals surface area contributed by atoms with Crippen molar-refractivity contribution in [2.75, 3.05) is 0 Å². The molecule has 1 aromatic carbocycles. The van der Waals surface area contributed by atoms with Crippen LogP contribution in [-0.2, 0) is 9.59 Å². The third-order valence-corrected chi connectivity index (χ3v) is 2.44. The number of primary amides is 1. The molecule has 0 saturated carbocycles. The molecular formula is C12H12ClNO4. The summed E-state index contributed by atoms with van der Waals surface area (Å²) in [6.45, 7) is 1.49. The van der Waals surface area contributed by atoms with Crippen molar-refractivity contribution in [2.24, 2.45) is 5.73 Å². The van der Waals surface area contributed by atoms with Crippen molar-refractivity contribution in [3.63, 3.8) is 0 Å². The van der Waals surface area contributed by atoms with E-state index in [2.05, 4.69) is 0 Å². The molecule has 0 aliphatic heterocycles. The van der Waals surface area contributed by atoms with Gasteiger partial charge < -0.3 is 15.6 Å². The van der Waals surface area contributed by atoms with Gasteiger partial charge in [-0.15, -0.1) is 0 Å². The highest BCUT2D eigenvalue weighted by Crippen LogP contribution is 2.28. The molecule has 18 heavy (non-hydrogen) atoms. The van der Waals surface area contributed by atoms with Crippen LogP contribution in [0.5, 0.6) is 5.75 Å². The predicted molar refractivity (Wildman–Crippen MR) is 67.4 cm³/mol. The lowest BCUT2D eigenvalue weighted by molar-refractivity contribution is -0.131. The van der Waals surface area contributed by atoms with Gasteiger partial charge in [0.1, 0.15) is 5.75 Å². The van der Waals surface area contributed by atoms with E-state index >= 15 is 0 Å². The Labute approximate surface area is 109 Å². The Bertz CT molecular complexity index is 499. The fourth-order valence-corrected chi connectivity index (χ4v) is 1.41. The fourth-order valence-electron chi connectivity index (χ4n) is 1.18. The first kappa shape index (κ1) is 14.1. The number of carboxylic acids is 1. The van der Waals surface area contributed by atoms with Crippen molar-refractivity contribution in [1.29, 1.82) is 0 Å². The number of ether oxygens (including phenoxy) is 1. The van der Waals surface area contributed by atoms with Gasteiger partial charge in [-0.1, -0.05) is 17.7 Å². The summed E-state index contributed by atoms with van der Waals surface area (Å²) >= 11 is 5.94. The average Bonchev–Trinajstić information content (AvgIpc) is 2.27. The Balaban J connectivity index is 3.07. The minimum absolute atomic E-state index is 0.298. The highest BCUT2D eigenvalue weighted by molar-refractivity contribution is 6.32. The summed E-state index contributed by atoms with van der Waals surface area (Å²) in [5.74, 6) is -1.43. The topological polar surface area (TPSA) is 89.6 Å². The molecule has 96 valence electrons. The molecule has 0 fully saturated rings. The number of nitrogens with two attached hydrogens (primary N) is 1. The molecule has 0 radical (unpaired) electrons. The molecular weight excluding hydrogens is 258 g/mol. The van der Waals surface area contributed by atoms with E-state index in [1.807, 2.05) is 0 Å². The SMILES string of the molecule is CC(Oc1cccc(Cl)c1/C=C/C(=O)O)C(N)=O. The van der Waals surface area contributed by atoms with Gasteiger partial charge in [0, 0.05) is 11.6 Å². The minimum atomic E-state index is -1.11. The van der Waals surface area contributed by atoms with Crippen molar-refractivity contribution < 1.29 is 19.4 Å². The first-order valence-electron chi connectivity index (χ1n) is 5.07. The van der Waals surface area contributed by atoms with E-state index in [1.165, 1.54) is 13.0 Å². The number of carboxylic acid groups (broad SMARTS) is 1. The summed E-state index contributed by atoms with van der Waals surface area (Å²) in [6.07, 6.45) is 1.40. The number of amides is 1. The van der Waals surface area contributed by atoms with E-state index in [9.17, 15) is 9.59 Å². The molecule has 0 saturated heterocycles. The van der Waals surface area contributed by atoms with Gasteiger partial charge in [-0.25, -0.2) is 4.79 Å². The Hall–Kier alpha value is -2.01. The first-order valence-corrected chi connectivity index (χ1v) is 5.45. The van der Waals surface area contributed by atoms with Crippen LogP contribution in [0.3, 0.4) is 0 Å². The van der Waals surface area contributed by atoms with E-state index in [-0.39, 0.29) is 0 Å². The Morgan fingerprint density at radius 2 is 2.17 bits per heavy atom. The van der Waals surface area contributed by atoms with Crippen LogP contribution in [0.1, 0.15) is 12.5 Å².